The van der Waals surface area contributed by atoms with E-state index in [-0.39, 0.29) is 18.7 Å². The number of nitrogens with one attached hydrogen (secondary N) is 2. The number of amides is 2. The average molecular weight is 302 g/mol. The molecule has 0 bridgehead atoms. The van der Waals surface area contributed by atoms with E-state index in [1.807, 2.05) is 48.1 Å². The summed E-state index contributed by atoms with van der Waals surface area (Å²) in [6.45, 7) is 2.75. The highest BCUT2D eigenvalue weighted by molar-refractivity contribution is 5.89. The summed E-state index contributed by atoms with van der Waals surface area (Å²) in [5, 5.41) is 18.7. The van der Waals surface area contributed by atoms with Gasteiger partial charge in [-0.05, 0) is 36.6 Å². The molecule has 1 atom stereocenters. The lowest BCUT2D eigenvalue weighted by atomic mass is 10.1. The van der Waals surface area contributed by atoms with Gasteiger partial charge in [-0.15, -0.1) is 0 Å². The van der Waals surface area contributed by atoms with Crippen molar-refractivity contribution in [2.45, 2.75) is 32.4 Å². The molecule has 1 aromatic heterocycles. The normalized spacial score (nSPS) is 11.9. The molecule has 6 nitrogen and oxygen atoms in total. The number of aliphatic hydroxyl groups excluding tert-OH is 1. The maximum absolute atomic E-state index is 11.9. The van der Waals surface area contributed by atoms with Crippen LogP contribution in [0.3, 0.4) is 0 Å². The summed E-state index contributed by atoms with van der Waals surface area (Å²) in [5.41, 5.74) is 1.85. The van der Waals surface area contributed by atoms with E-state index in [2.05, 4.69) is 15.7 Å². The van der Waals surface area contributed by atoms with E-state index >= 15 is 0 Å². The highest BCUT2D eigenvalue weighted by Crippen LogP contribution is 2.10. The van der Waals surface area contributed by atoms with E-state index in [0.29, 0.717) is 13.0 Å². The highest BCUT2D eigenvalue weighted by Gasteiger charge is 2.09. The number of rotatable bonds is 7. The molecule has 2 amide bonds. The Balaban J connectivity index is 1.86. The Morgan fingerprint density at radius 1 is 1.36 bits per heavy atom. The van der Waals surface area contributed by atoms with Crippen LogP contribution in [0.4, 0.5) is 10.5 Å². The number of urea groups is 1. The van der Waals surface area contributed by atoms with Gasteiger partial charge in [0.05, 0.1) is 6.54 Å². The summed E-state index contributed by atoms with van der Waals surface area (Å²) in [7, 11) is 0. The molecule has 0 aliphatic carbocycles. The Bertz CT molecular complexity index is 566. The van der Waals surface area contributed by atoms with Crippen LogP contribution in [0.1, 0.15) is 25.3 Å². The Morgan fingerprint density at radius 3 is 2.73 bits per heavy atom. The van der Waals surface area contributed by atoms with Crippen molar-refractivity contribution in [1.82, 2.24) is 15.1 Å². The summed E-state index contributed by atoms with van der Waals surface area (Å²) in [6, 6.07) is 9.28. The number of carbonyl (C=O) groups excluding carboxylic acids is 1. The molecule has 0 fully saturated rings. The van der Waals surface area contributed by atoms with Crippen molar-refractivity contribution in [2.75, 3.05) is 11.9 Å². The van der Waals surface area contributed by atoms with E-state index in [0.717, 1.165) is 17.7 Å². The van der Waals surface area contributed by atoms with Crippen molar-refractivity contribution in [1.29, 1.82) is 0 Å². The largest absolute Gasteiger partial charge is 0.396 e. The first-order valence-electron chi connectivity index (χ1n) is 7.46. The predicted molar refractivity (Wildman–Crippen MR) is 85.7 cm³/mol. The summed E-state index contributed by atoms with van der Waals surface area (Å²) < 4.78 is 1.84. The molecule has 118 valence electrons. The zero-order chi connectivity index (χ0) is 15.8. The number of hydrogen-bond donors (Lipinski definition) is 3. The van der Waals surface area contributed by atoms with Crippen molar-refractivity contribution < 1.29 is 9.90 Å². The summed E-state index contributed by atoms with van der Waals surface area (Å²) in [4.78, 5) is 11.9. The van der Waals surface area contributed by atoms with Crippen LogP contribution < -0.4 is 10.6 Å². The fourth-order valence-electron chi connectivity index (χ4n) is 2.16. The van der Waals surface area contributed by atoms with Crippen LogP contribution in [-0.2, 0) is 6.54 Å². The maximum Gasteiger partial charge on any atom is 0.319 e. The second kappa shape index (κ2) is 8.19. The van der Waals surface area contributed by atoms with Gasteiger partial charge in [-0.2, -0.15) is 5.10 Å². The molecule has 0 saturated heterocycles. The van der Waals surface area contributed by atoms with E-state index < -0.39 is 0 Å². The van der Waals surface area contributed by atoms with Gasteiger partial charge in [0.25, 0.3) is 0 Å². The Hall–Kier alpha value is -2.34. The first-order chi connectivity index (χ1) is 10.7. The van der Waals surface area contributed by atoms with Crippen LogP contribution in [0, 0.1) is 0 Å². The summed E-state index contributed by atoms with van der Waals surface area (Å²) >= 11 is 0. The number of benzene rings is 1. The topological polar surface area (TPSA) is 79.2 Å². The third kappa shape index (κ3) is 4.89. The third-order valence-electron chi connectivity index (χ3n) is 3.42. The summed E-state index contributed by atoms with van der Waals surface area (Å²) in [5.74, 6) is 0. The minimum Gasteiger partial charge on any atom is -0.396 e. The standard InChI is InChI=1S/C16H22N4O2/c1-2-14(8-11-21)18-16(22)19-15-6-4-13(5-7-15)12-20-10-3-9-17-20/h3-7,9-10,14,21H,2,8,11-12H2,1H3,(H2,18,19,22). The minimum absolute atomic E-state index is 0.0101. The van der Waals surface area contributed by atoms with E-state index in [9.17, 15) is 4.79 Å². The lowest BCUT2D eigenvalue weighted by Crippen LogP contribution is -2.38. The molecule has 0 aliphatic heterocycles. The number of carbonyl (C=O) groups is 1. The lowest BCUT2D eigenvalue weighted by Gasteiger charge is -2.16. The van der Waals surface area contributed by atoms with Gasteiger partial charge >= 0.3 is 6.03 Å². The van der Waals surface area contributed by atoms with Crippen LogP contribution in [0.2, 0.25) is 0 Å². The second-order valence-electron chi connectivity index (χ2n) is 5.12. The van der Waals surface area contributed by atoms with E-state index in [1.165, 1.54) is 0 Å². The van der Waals surface area contributed by atoms with Crippen molar-refractivity contribution in [3.8, 4) is 0 Å². The number of hydrogen-bond acceptors (Lipinski definition) is 3. The molecule has 1 aromatic carbocycles. The zero-order valence-electron chi connectivity index (χ0n) is 12.7. The predicted octanol–water partition coefficient (Wildman–Crippen LogP) is 2.21. The molecule has 3 N–H and O–H groups in total. The van der Waals surface area contributed by atoms with Crippen LogP contribution in [0.5, 0.6) is 0 Å². The average Bonchev–Trinajstić information content (AvgIpc) is 3.01. The smallest absolute Gasteiger partial charge is 0.319 e. The summed E-state index contributed by atoms with van der Waals surface area (Å²) in [6.07, 6.45) is 5.01. The lowest BCUT2D eigenvalue weighted by molar-refractivity contribution is 0.237. The third-order valence-corrected chi connectivity index (χ3v) is 3.42. The molecular formula is C16H22N4O2. The minimum atomic E-state index is -0.250. The van der Waals surface area contributed by atoms with Crippen molar-refractivity contribution in [2.24, 2.45) is 0 Å². The molecule has 0 spiro atoms. The SMILES string of the molecule is CCC(CCO)NC(=O)Nc1ccc(Cn2cccn2)cc1. The molecule has 2 aromatic rings. The molecule has 22 heavy (non-hydrogen) atoms. The van der Waals surface area contributed by atoms with E-state index in [1.54, 1.807) is 6.20 Å². The van der Waals surface area contributed by atoms with Gasteiger partial charge in [0.15, 0.2) is 0 Å². The number of aliphatic hydroxyl groups is 1. The van der Waals surface area contributed by atoms with Gasteiger partial charge < -0.3 is 15.7 Å². The van der Waals surface area contributed by atoms with Crippen molar-refractivity contribution in [3.63, 3.8) is 0 Å². The molecule has 1 unspecified atom stereocenters. The molecule has 1 heterocycles. The van der Waals surface area contributed by atoms with E-state index in [4.69, 9.17) is 5.11 Å². The van der Waals surface area contributed by atoms with Gasteiger partial charge in [-0.1, -0.05) is 19.1 Å². The fraction of sp³-hybridized carbons (Fsp3) is 0.375. The number of nitrogens with zero attached hydrogens (tertiary/aromatic N) is 2. The van der Waals surface area contributed by atoms with Gasteiger partial charge in [0.2, 0.25) is 0 Å². The van der Waals surface area contributed by atoms with Crippen LogP contribution in [0.15, 0.2) is 42.7 Å². The van der Waals surface area contributed by atoms with Gasteiger partial charge in [-0.3, -0.25) is 4.68 Å². The van der Waals surface area contributed by atoms with Gasteiger partial charge in [-0.25, -0.2) is 4.79 Å². The first kappa shape index (κ1) is 16.0. The van der Waals surface area contributed by atoms with Gasteiger partial charge in [0, 0.05) is 30.7 Å². The molecule has 6 heteroatoms. The Morgan fingerprint density at radius 2 is 2.14 bits per heavy atom. The number of aromatic nitrogens is 2. The number of anilines is 1. The van der Waals surface area contributed by atoms with Crippen LogP contribution in [0.25, 0.3) is 0 Å². The van der Waals surface area contributed by atoms with Crippen molar-refractivity contribution >= 4 is 11.7 Å². The van der Waals surface area contributed by atoms with Gasteiger partial charge in [0.1, 0.15) is 0 Å². The molecule has 0 saturated carbocycles. The van der Waals surface area contributed by atoms with Crippen molar-refractivity contribution in [3.05, 3.63) is 48.3 Å². The molecule has 2 rings (SSSR count). The van der Waals surface area contributed by atoms with Crippen LogP contribution in [-0.4, -0.2) is 33.6 Å². The Labute approximate surface area is 130 Å². The quantitative estimate of drug-likeness (QED) is 0.733. The monoisotopic (exact) mass is 302 g/mol. The first-order valence-corrected chi connectivity index (χ1v) is 7.46. The fourth-order valence-corrected chi connectivity index (χ4v) is 2.16. The highest BCUT2D eigenvalue weighted by atomic mass is 16.3. The zero-order valence-corrected chi connectivity index (χ0v) is 12.7. The van der Waals surface area contributed by atoms with Crippen LogP contribution >= 0.6 is 0 Å². The molecule has 0 aliphatic rings. The Kier molecular flexibility index (Phi) is 5.97. The maximum atomic E-state index is 11.9. The second-order valence-corrected chi connectivity index (χ2v) is 5.12. The molecule has 0 radical (unpaired) electrons. The molecular weight excluding hydrogens is 280 g/mol.